The highest BCUT2D eigenvalue weighted by atomic mass is 32.2. The Morgan fingerprint density at radius 2 is 1.71 bits per heavy atom. The smallest absolute Gasteiger partial charge is 0.250 e. The summed E-state index contributed by atoms with van der Waals surface area (Å²) in [6.45, 7) is 6.28. The van der Waals surface area contributed by atoms with Gasteiger partial charge in [-0.3, -0.25) is 4.79 Å². The summed E-state index contributed by atoms with van der Waals surface area (Å²) in [4.78, 5) is 15.1. The van der Waals surface area contributed by atoms with Gasteiger partial charge >= 0.3 is 0 Å². The molecular weight excluding hydrogens is 414 g/mol. The Kier molecular flexibility index (Phi) is 8.75. The maximum Gasteiger partial charge on any atom is 0.250 e. The molecule has 1 amide bonds. The number of piperidine rings is 1. The van der Waals surface area contributed by atoms with Crippen molar-refractivity contribution in [1.29, 1.82) is 0 Å². The molecule has 1 aromatic rings. The highest BCUT2D eigenvalue weighted by Crippen LogP contribution is 2.32. The first-order valence-electron chi connectivity index (χ1n) is 11.8. The van der Waals surface area contributed by atoms with Crippen molar-refractivity contribution in [3.05, 3.63) is 18.2 Å². The van der Waals surface area contributed by atoms with Crippen LogP contribution < -0.4 is 10.2 Å². The van der Waals surface area contributed by atoms with Crippen LogP contribution in [0.5, 0.6) is 0 Å². The lowest BCUT2D eigenvalue weighted by atomic mass is 9.98. The minimum absolute atomic E-state index is 0.00285. The van der Waals surface area contributed by atoms with Crippen molar-refractivity contribution < 1.29 is 17.9 Å². The van der Waals surface area contributed by atoms with Gasteiger partial charge in [0.05, 0.1) is 22.4 Å². The van der Waals surface area contributed by atoms with Crippen LogP contribution in [0.2, 0.25) is 0 Å². The fraction of sp³-hybridized carbons (Fsp3) is 0.696. The molecule has 1 aliphatic carbocycles. The number of carbonyl (C=O) groups is 1. The Labute approximate surface area is 187 Å². The molecule has 1 aliphatic heterocycles. The summed E-state index contributed by atoms with van der Waals surface area (Å²) in [6, 6.07) is 5.10. The van der Waals surface area contributed by atoms with Gasteiger partial charge in [0.25, 0.3) is 0 Å². The number of nitrogens with zero attached hydrogens (tertiary/aromatic N) is 2. The molecule has 0 atom stereocenters. The predicted octanol–water partition coefficient (Wildman–Crippen LogP) is 4.00. The first-order chi connectivity index (χ1) is 15.0. The molecule has 31 heavy (non-hydrogen) atoms. The molecule has 0 unspecified atom stereocenters. The number of carbonyl (C=O) groups excluding carboxylic acids is 1. The lowest BCUT2D eigenvalue weighted by molar-refractivity contribution is -0.123. The highest BCUT2D eigenvalue weighted by Gasteiger charge is 2.25. The van der Waals surface area contributed by atoms with Crippen molar-refractivity contribution in [2.24, 2.45) is 0 Å². The van der Waals surface area contributed by atoms with Crippen LogP contribution in [0, 0.1) is 0 Å². The highest BCUT2D eigenvalue weighted by molar-refractivity contribution is 7.89. The number of hydrogen-bond donors (Lipinski definition) is 1. The number of amides is 1. The molecule has 174 valence electrons. The van der Waals surface area contributed by atoms with Crippen LogP contribution in [-0.2, 0) is 19.6 Å². The topological polar surface area (TPSA) is 79.0 Å². The summed E-state index contributed by atoms with van der Waals surface area (Å²) in [5, 5.41) is 2.95. The molecule has 2 fully saturated rings. The first kappa shape index (κ1) is 24.0. The molecule has 1 aromatic carbocycles. The maximum atomic E-state index is 13.0. The molecule has 1 N–H and O–H groups in total. The summed E-state index contributed by atoms with van der Waals surface area (Å²) >= 11 is 0. The average Bonchev–Trinajstić information content (AvgIpc) is 2.79. The quantitative estimate of drug-likeness (QED) is 0.614. The molecule has 0 aromatic heterocycles. The predicted molar refractivity (Wildman–Crippen MR) is 124 cm³/mol. The van der Waals surface area contributed by atoms with E-state index >= 15 is 0 Å². The van der Waals surface area contributed by atoms with Crippen LogP contribution in [0.15, 0.2) is 23.1 Å². The van der Waals surface area contributed by atoms with E-state index in [9.17, 15) is 13.2 Å². The standard InChI is InChI=1S/C23H37N3O4S/c1-3-26(4-2)31(28,29)20-13-14-22(25-15-9-6-10-16-25)21(17-20)24-23(27)18-30-19-11-7-5-8-12-19/h13-14,17,19H,3-12,15-16,18H2,1-2H3,(H,24,27). The Balaban J connectivity index is 1.80. The molecule has 2 aliphatic rings. The normalized spacial score (nSPS) is 18.4. The summed E-state index contributed by atoms with van der Waals surface area (Å²) < 4.78 is 33.3. The van der Waals surface area contributed by atoms with E-state index in [1.165, 1.54) is 17.1 Å². The zero-order valence-corrected chi connectivity index (χ0v) is 19.8. The monoisotopic (exact) mass is 451 g/mol. The van der Waals surface area contributed by atoms with E-state index in [2.05, 4.69) is 10.2 Å². The summed E-state index contributed by atoms with van der Waals surface area (Å²) in [6.07, 6.45) is 9.08. The van der Waals surface area contributed by atoms with Gasteiger partial charge in [-0.15, -0.1) is 0 Å². The number of sulfonamides is 1. The molecule has 1 heterocycles. The fourth-order valence-electron chi connectivity index (χ4n) is 4.51. The van der Waals surface area contributed by atoms with Crippen molar-refractivity contribution in [2.45, 2.75) is 76.2 Å². The Morgan fingerprint density at radius 1 is 1.06 bits per heavy atom. The van der Waals surface area contributed by atoms with Gasteiger partial charge in [-0.1, -0.05) is 33.1 Å². The van der Waals surface area contributed by atoms with E-state index in [0.29, 0.717) is 18.8 Å². The number of nitrogens with one attached hydrogen (secondary N) is 1. The minimum Gasteiger partial charge on any atom is -0.370 e. The van der Waals surface area contributed by atoms with Crippen LogP contribution in [0.25, 0.3) is 0 Å². The fourth-order valence-corrected chi connectivity index (χ4v) is 6.00. The van der Waals surface area contributed by atoms with Gasteiger partial charge < -0.3 is 15.0 Å². The van der Waals surface area contributed by atoms with Gasteiger partial charge in [0.15, 0.2) is 0 Å². The van der Waals surface area contributed by atoms with Crippen molar-refractivity contribution in [2.75, 3.05) is 43.0 Å². The van der Waals surface area contributed by atoms with Gasteiger partial charge in [0.1, 0.15) is 6.61 Å². The average molecular weight is 452 g/mol. The van der Waals surface area contributed by atoms with Crippen LogP contribution in [0.3, 0.4) is 0 Å². The number of benzene rings is 1. The van der Waals surface area contributed by atoms with E-state index in [-0.39, 0.29) is 23.5 Å². The number of ether oxygens (including phenoxy) is 1. The lowest BCUT2D eigenvalue weighted by Gasteiger charge is -2.31. The molecule has 7 nitrogen and oxygen atoms in total. The third-order valence-corrected chi connectivity index (χ3v) is 8.33. The molecule has 1 saturated carbocycles. The van der Waals surface area contributed by atoms with E-state index < -0.39 is 10.0 Å². The maximum absolute atomic E-state index is 13.0. The second-order valence-electron chi connectivity index (χ2n) is 8.44. The van der Waals surface area contributed by atoms with Gasteiger partial charge in [-0.2, -0.15) is 4.31 Å². The molecule has 8 heteroatoms. The first-order valence-corrected chi connectivity index (χ1v) is 13.2. The third kappa shape index (κ3) is 6.20. The van der Waals surface area contributed by atoms with Gasteiger partial charge in [-0.25, -0.2) is 8.42 Å². The zero-order chi connectivity index (χ0) is 22.3. The van der Waals surface area contributed by atoms with Gasteiger partial charge in [0, 0.05) is 26.2 Å². The van der Waals surface area contributed by atoms with Crippen molar-refractivity contribution in [1.82, 2.24) is 4.31 Å². The van der Waals surface area contributed by atoms with Crippen LogP contribution in [-0.4, -0.2) is 57.5 Å². The number of hydrogen-bond acceptors (Lipinski definition) is 5. The van der Waals surface area contributed by atoms with Crippen molar-refractivity contribution in [3.8, 4) is 0 Å². The van der Waals surface area contributed by atoms with E-state index in [0.717, 1.165) is 57.3 Å². The molecule has 0 radical (unpaired) electrons. The molecule has 0 spiro atoms. The zero-order valence-electron chi connectivity index (χ0n) is 18.9. The lowest BCUT2D eigenvalue weighted by Crippen LogP contribution is -2.32. The van der Waals surface area contributed by atoms with Crippen LogP contribution in [0.1, 0.15) is 65.2 Å². The van der Waals surface area contributed by atoms with Gasteiger partial charge in [-0.05, 0) is 50.3 Å². The second kappa shape index (κ2) is 11.3. The largest absolute Gasteiger partial charge is 0.370 e. The van der Waals surface area contributed by atoms with Crippen molar-refractivity contribution >= 4 is 27.3 Å². The number of rotatable bonds is 9. The number of anilines is 2. The molecular formula is C23H37N3O4S. The third-order valence-electron chi connectivity index (χ3n) is 6.28. The van der Waals surface area contributed by atoms with Crippen LogP contribution >= 0.6 is 0 Å². The summed E-state index contributed by atoms with van der Waals surface area (Å²) in [5.41, 5.74) is 1.43. The molecule has 0 bridgehead atoms. The second-order valence-corrected chi connectivity index (χ2v) is 10.4. The SMILES string of the molecule is CCN(CC)S(=O)(=O)c1ccc(N2CCCCC2)c(NC(=O)COC2CCCCC2)c1. The van der Waals surface area contributed by atoms with Gasteiger partial charge in [0.2, 0.25) is 15.9 Å². The Hall–Kier alpha value is -1.64. The summed E-state index contributed by atoms with van der Waals surface area (Å²) in [7, 11) is -3.60. The molecule has 3 rings (SSSR count). The molecule has 1 saturated heterocycles. The van der Waals surface area contributed by atoms with Crippen molar-refractivity contribution in [3.63, 3.8) is 0 Å². The minimum atomic E-state index is -3.60. The van der Waals surface area contributed by atoms with E-state index in [1.54, 1.807) is 12.1 Å². The Bertz CT molecular complexity index is 827. The Morgan fingerprint density at radius 3 is 2.35 bits per heavy atom. The van der Waals surface area contributed by atoms with Crippen LogP contribution in [0.4, 0.5) is 11.4 Å². The van der Waals surface area contributed by atoms with E-state index in [4.69, 9.17) is 4.74 Å². The van der Waals surface area contributed by atoms with E-state index in [1.807, 2.05) is 19.9 Å². The summed E-state index contributed by atoms with van der Waals surface area (Å²) in [5.74, 6) is -0.235.